The van der Waals surface area contributed by atoms with Crippen LogP contribution in [0.1, 0.15) is 18.0 Å². The van der Waals surface area contributed by atoms with Gasteiger partial charge in [0.15, 0.2) is 0 Å². The van der Waals surface area contributed by atoms with Gasteiger partial charge in [0.2, 0.25) is 17.8 Å². The molecule has 0 radical (unpaired) electrons. The molecule has 8 nitrogen and oxygen atoms in total. The third-order valence-electron chi connectivity index (χ3n) is 6.95. The van der Waals surface area contributed by atoms with E-state index in [0.29, 0.717) is 11.8 Å². The number of anilines is 3. The SMILES string of the molecule is O=c1cccc2n1C[C@@H]1C[C@H]2CN(c2nc(N3CCSCC3)nc(N3CCSCC3)n2)C1. The summed E-state index contributed by atoms with van der Waals surface area (Å²) in [7, 11) is 0. The molecule has 0 N–H and O–H groups in total. The quantitative estimate of drug-likeness (QED) is 0.666. The van der Waals surface area contributed by atoms with Gasteiger partial charge in [-0.25, -0.2) is 0 Å². The molecule has 0 amide bonds. The Kier molecular flexibility index (Phi) is 5.66. The molecule has 2 aromatic heterocycles. The predicted molar refractivity (Wildman–Crippen MR) is 133 cm³/mol. The van der Waals surface area contributed by atoms with Crippen LogP contribution in [-0.2, 0) is 6.54 Å². The van der Waals surface area contributed by atoms with Crippen LogP contribution >= 0.6 is 23.5 Å². The lowest BCUT2D eigenvalue weighted by Crippen LogP contribution is -2.48. The number of thioether (sulfide) groups is 2. The molecule has 2 bridgehead atoms. The summed E-state index contributed by atoms with van der Waals surface area (Å²) in [5, 5.41) is 0. The van der Waals surface area contributed by atoms with E-state index in [0.717, 1.165) is 98.8 Å². The van der Waals surface area contributed by atoms with Gasteiger partial charge in [-0.2, -0.15) is 38.5 Å². The van der Waals surface area contributed by atoms with Gasteiger partial charge >= 0.3 is 0 Å². The van der Waals surface area contributed by atoms with Crippen molar-refractivity contribution in [3.8, 4) is 0 Å². The van der Waals surface area contributed by atoms with Gasteiger partial charge in [-0.15, -0.1) is 0 Å². The molecule has 0 spiro atoms. The Bertz CT molecular complexity index is 999. The van der Waals surface area contributed by atoms with Gasteiger partial charge in [-0.1, -0.05) is 6.07 Å². The molecule has 10 heteroatoms. The number of piperidine rings is 1. The molecule has 2 aromatic rings. The fraction of sp³-hybridized carbons (Fsp3) is 0.636. The molecule has 0 aliphatic carbocycles. The average molecular weight is 472 g/mol. The molecule has 3 saturated heterocycles. The van der Waals surface area contributed by atoms with Crippen LogP contribution in [0.25, 0.3) is 0 Å². The van der Waals surface area contributed by atoms with E-state index in [-0.39, 0.29) is 5.56 Å². The van der Waals surface area contributed by atoms with Crippen molar-refractivity contribution in [2.24, 2.45) is 5.92 Å². The Morgan fingerprint density at radius 1 is 0.750 bits per heavy atom. The fourth-order valence-electron chi connectivity index (χ4n) is 5.35. The average Bonchev–Trinajstić information content (AvgIpc) is 2.85. The van der Waals surface area contributed by atoms with Gasteiger partial charge in [-0.3, -0.25) is 4.79 Å². The van der Waals surface area contributed by atoms with Crippen LogP contribution in [0.3, 0.4) is 0 Å². The van der Waals surface area contributed by atoms with Crippen LogP contribution in [0.5, 0.6) is 0 Å². The summed E-state index contributed by atoms with van der Waals surface area (Å²) in [6.45, 7) is 6.51. The lowest BCUT2D eigenvalue weighted by Gasteiger charge is -2.43. The Labute approximate surface area is 196 Å². The molecule has 6 rings (SSSR count). The maximum absolute atomic E-state index is 12.4. The van der Waals surface area contributed by atoms with Crippen LogP contribution in [0.4, 0.5) is 17.8 Å². The summed E-state index contributed by atoms with van der Waals surface area (Å²) in [5.41, 5.74) is 1.29. The summed E-state index contributed by atoms with van der Waals surface area (Å²) < 4.78 is 1.98. The molecule has 0 saturated carbocycles. The number of rotatable bonds is 3. The first-order chi connectivity index (χ1) is 15.7. The highest BCUT2D eigenvalue weighted by molar-refractivity contribution is 7.99. The fourth-order valence-corrected chi connectivity index (χ4v) is 7.16. The number of hydrogen-bond acceptors (Lipinski definition) is 9. The summed E-state index contributed by atoms with van der Waals surface area (Å²) >= 11 is 4.00. The van der Waals surface area contributed by atoms with E-state index >= 15 is 0 Å². The maximum atomic E-state index is 12.4. The molecule has 2 atom stereocenters. The van der Waals surface area contributed by atoms with E-state index < -0.39 is 0 Å². The normalized spacial score (nSPS) is 25.6. The minimum absolute atomic E-state index is 0.126. The Balaban J connectivity index is 1.34. The standard InChI is InChI=1S/C22H29N7OS2/c30-19-3-1-2-18-17-12-16(14-29(18)19)13-28(15-17)22-24-20(26-4-8-31-9-5-26)23-21(25-22)27-6-10-32-11-7-27/h1-3,16-17H,4-15H2/t16-,17+/m1/s1. The Morgan fingerprint density at radius 3 is 1.97 bits per heavy atom. The molecule has 32 heavy (non-hydrogen) atoms. The van der Waals surface area contributed by atoms with Gasteiger partial charge in [0.05, 0.1) is 0 Å². The van der Waals surface area contributed by atoms with Crippen LogP contribution in [-0.4, -0.2) is 81.8 Å². The van der Waals surface area contributed by atoms with Crippen LogP contribution < -0.4 is 20.3 Å². The van der Waals surface area contributed by atoms with Gasteiger partial charge in [0.1, 0.15) is 0 Å². The second kappa shape index (κ2) is 8.78. The van der Waals surface area contributed by atoms with E-state index in [1.165, 1.54) is 0 Å². The first-order valence-electron chi connectivity index (χ1n) is 11.6. The smallest absolute Gasteiger partial charge is 0.250 e. The Morgan fingerprint density at radius 2 is 1.34 bits per heavy atom. The van der Waals surface area contributed by atoms with Gasteiger partial charge in [0, 0.05) is 86.5 Å². The summed E-state index contributed by atoms with van der Waals surface area (Å²) in [4.78, 5) is 34.3. The molecular formula is C22H29N7OS2. The molecule has 0 aromatic carbocycles. The van der Waals surface area contributed by atoms with E-state index in [1.807, 2.05) is 34.2 Å². The van der Waals surface area contributed by atoms with E-state index in [2.05, 4.69) is 20.8 Å². The van der Waals surface area contributed by atoms with Crippen molar-refractivity contribution in [3.63, 3.8) is 0 Å². The molecule has 4 aliphatic heterocycles. The topological polar surface area (TPSA) is 70.4 Å². The number of hydrogen-bond donors (Lipinski definition) is 0. The van der Waals surface area contributed by atoms with Gasteiger partial charge in [-0.05, 0) is 18.4 Å². The zero-order valence-electron chi connectivity index (χ0n) is 18.2. The molecule has 0 unspecified atom stereocenters. The summed E-state index contributed by atoms with van der Waals surface area (Å²) in [6, 6.07) is 5.70. The van der Waals surface area contributed by atoms with E-state index in [1.54, 1.807) is 6.07 Å². The van der Waals surface area contributed by atoms with Crippen molar-refractivity contribution < 1.29 is 0 Å². The first-order valence-corrected chi connectivity index (χ1v) is 13.9. The van der Waals surface area contributed by atoms with E-state index in [9.17, 15) is 4.79 Å². The van der Waals surface area contributed by atoms with Crippen LogP contribution in [0.15, 0.2) is 23.0 Å². The summed E-state index contributed by atoms with van der Waals surface area (Å²) in [5.74, 6) is 7.74. The highest BCUT2D eigenvalue weighted by Gasteiger charge is 2.36. The minimum atomic E-state index is 0.126. The highest BCUT2D eigenvalue weighted by atomic mass is 32.2. The zero-order chi connectivity index (χ0) is 21.5. The number of pyridine rings is 1. The van der Waals surface area contributed by atoms with Crippen molar-refractivity contribution in [3.05, 3.63) is 34.2 Å². The lowest BCUT2D eigenvalue weighted by atomic mass is 9.83. The highest BCUT2D eigenvalue weighted by Crippen LogP contribution is 2.36. The predicted octanol–water partition coefficient (Wildman–Crippen LogP) is 1.76. The van der Waals surface area contributed by atoms with Gasteiger partial charge in [0.25, 0.3) is 5.56 Å². The van der Waals surface area contributed by atoms with Crippen molar-refractivity contribution >= 4 is 41.4 Å². The third kappa shape index (κ3) is 3.96. The number of nitrogens with zero attached hydrogens (tertiary/aromatic N) is 7. The zero-order valence-corrected chi connectivity index (χ0v) is 19.9. The maximum Gasteiger partial charge on any atom is 0.250 e. The second-order valence-corrected chi connectivity index (χ2v) is 11.5. The molecule has 170 valence electrons. The van der Waals surface area contributed by atoms with Crippen molar-refractivity contribution in [1.29, 1.82) is 0 Å². The monoisotopic (exact) mass is 471 g/mol. The lowest BCUT2D eigenvalue weighted by molar-refractivity contribution is 0.279. The number of aromatic nitrogens is 4. The van der Waals surface area contributed by atoms with Crippen molar-refractivity contribution in [2.45, 2.75) is 18.9 Å². The first kappa shape index (κ1) is 20.7. The number of fused-ring (bicyclic) bond motifs is 4. The van der Waals surface area contributed by atoms with E-state index in [4.69, 9.17) is 15.0 Å². The minimum Gasteiger partial charge on any atom is -0.340 e. The molecule has 6 heterocycles. The summed E-state index contributed by atoms with van der Waals surface area (Å²) in [6.07, 6.45) is 1.14. The second-order valence-electron chi connectivity index (χ2n) is 9.04. The third-order valence-corrected chi connectivity index (χ3v) is 8.84. The van der Waals surface area contributed by atoms with Crippen LogP contribution in [0, 0.1) is 5.92 Å². The molecular weight excluding hydrogens is 442 g/mol. The van der Waals surface area contributed by atoms with Crippen molar-refractivity contribution in [1.82, 2.24) is 19.5 Å². The Hall–Kier alpha value is -1.94. The molecule has 3 fully saturated rings. The van der Waals surface area contributed by atoms with Gasteiger partial charge < -0.3 is 19.3 Å². The van der Waals surface area contributed by atoms with Crippen molar-refractivity contribution in [2.75, 3.05) is 77.0 Å². The molecule has 4 aliphatic rings. The van der Waals surface area contributed by atoms with Crippen LogP contribution in [0.2, 0.25) is 0 Å². The largest absolute Gasteiger partial charge is 0.340 e.